The van der Waals surface area contributed by atoms with Crippen LogP contribution in [0.5, 0.6) is 11.5 Å². The van der Waals surface area contributed by atoms with Crippen LogP contribution >= 0.6 is 11.3 Å². The molecule has 2 aromatic carbocycles. The van der Waals surface area contributed by atoms with Gasteiger partial charge in [0.2, 0.25) is 5.91 Å². The highest BCUT2D eigenvalue weighted by Crippen LogP contribution is 2.50. The number of methoxy groups -OCH3 is 1. The fourth-order valence-corrected chi connectivity index (χ4v) is 4.97. The molecule has 0 aliphatic carbocycles. The van der Waals surface area contributed by atoms with Crippen molar-refractivity contribution in [1.82, 2.24) is 0 Å². The number of rotatable bonds is 6. The van der Waals surface area contributed by atoms with Crippen molar-refractivity contribution in [2.75, 3.05) is 19.0 Å². The monoisotopic (exact) mass is 433 g/mol. The number of carboxylic acids is 1. The first-order chi connectivity index (χ1) is 15.0. The summed E-state index contributed by atoms with van der Waals surface area (Å²) in [4.78, 5) is 25.6. The number of hydrogen-bond donors (Lipinski definition) is 2. The minimum atomic E-state index is -1.03. The van der Waals surface area contributed by atoms with Gasteiger partial charge in [0.05, 0.1) is 12.8 Å². The van der Waals surface area contributed by atoms with E-state index in [0.717, 1.165) is 16.0 Å². The molecule has 0 saturated carbocycles. The largest absolute Gasteiger partial charge is 0.493 e. The predicted molar refractivity (Wildman–Crippen MR) is 119 cm³/mol. The number of carboxylic acid groups (broad SMARTS) is 1. The molecule has 2 N–H and O–H groups in total. The number of hydrogen-bond acceptors (Lipinski definition) is 5. The van der Waals surface area contributed by atoms with E-state index >= 15 is 0 Å². The molecule has 0 unspecified atom stereocenters. The SMILES string of the molecule is C#CCOc1ccc([C@H]2CC(=O)Nc3c2sc(C(=O)O)c3-c2ccccc2)cc1OC. The van der Waals surface area contributed by atoms with Crippen LogP contribution in [0.3, 0.4) is 0 Å². The zero-order valence-corrected chi connectivity index (χ0v) is 17.5. The lowest BCUT2D eigenvalue weighted by molar-refractivity contribution is -0.116. The quantitative estimate of drug-likeness (QED) is 0.555. The molecule has 6 nitrogen and oxygen atoms in total. The van der Waals surface area contributed by atoms with Crippen molar-refractivity contribution in [2.24, 2.45) is 0 Å². The van der Waals surface area contributed by atoms with Gasteiger partial charge >= 0.3 is 5.97 Å². The van der Waals surface area contributed by atoms with E-state index in [-0.39, 0.29) is 29.7 Å². The zero-order chi connectivity index (χ0) is 22.0. The molecule has 7 heteroatoms. The van der Waals surface area contributed by atoms with Crippen molar-refractivity contribution in [2.45, 2.75) is 12.3 Å². The van der Waals surface area contributed by atoms with Crippen molar-refractivity contribution >= 4 is 28.9 Å². The van der Waals surface area contributed by atoms with Gasteiger partial charge in [-0.1, -0.05) is 42.3 Å². The summed E-state index contributed by atoms with van der Waals surface area (Å²) in [7, 11) is 1.53. The molecule has 0 saturated heterocycles. The Morgan fingerprint density at radius 3 is 2.71 bits per heavy atom. The normalized spacial score (nSPS) is 14.8. The fraction of sp³-hybridized carbons (Fsp3) is 0.167. The van der Waals surface area contributed by atoms with Gasteiger partial charge in [-0.05, 0) is 23.3 Å². The minimum Gasteiger partial charge on any atom is -0.493 e. The summed E-state index contributed by atoms with van der Waals surface area (Å²) >= 11 is 1.19. The standard InChI is InChI=1S/C24H19NO5S/c1-3-11-30-17-10-9-15(12-18(17)29-2)16-13-19(26)25-21-20(14-7-5-4-6-8-14)23(24(27)28)31-22(16)21/h1,4-10,12,16H,11,13H2,2H3,(H,25,26)(H,27,28)/t16-/m1/s1. The number of thiophene rings is 1. The third kappa shape index (κ3) is 3.86. The number of carbonyl (C=O) groups excluding carboxylic acids is 1. The lowest BCUT2D eigenvalue weighted by Crippen LogP contribution is -2.22. The van der Waals surface area contributed by atoms with Gasteiger partial charge in [-0.15, -0.1) is 17.8 Å². The highest BCUT2D eigenvalue weighted by molar-refractivity contribution is 7.15. The summed E-state index contributed by atoms with van der Waals surface area (Å²) in [5.41, 5.74) is 2.67. The summed E-state index contributed by atoms with van der Waals surface area (Å²) in [6.45, 7) is 0.110. The molecule has 1 atom stereocenters. The van der Waals surface area contributed by atoms with E-state index in [1.54, 1.807) is 12.1 Å². The van der Waals surface area contributed by atoms with Gasteiger partial charge in [0, 0.05) is 22.8 Å². The van der Waals surface area contributed by atoms with Crippen LogP contribution in [-0.4, -0.2) is 30.7 Å². The van der Waals surface area contributed by atoms with E-state index in [4.69, 9.17) is 15.9 Å². The first-order valence-corrected chi connectivity index (χ1v) is 10.3. The lowest BCUT2D eigenvalue weighted by Gasteiger charge is -2.24. The Morgan fingerprint density at radius 1 is 1.26 bits per heavy atom. The molecule has 1 amide bonds. The summed E-state index contributed by atoms with van der Waals surface area (Å²) in [5.74, 6) is 1.92. The topological polar surface area (TPSA) is 84.9 Å². The van der Waals surface area contributed by atoms with Crippen LogP contribution in [0.1, 0.15) is 32.5 Å². The number of ether oxygens (including phenoxy) is 2. The van der Waals surface area contributed by atoms with E-state index in [9.17, 15) is 14.7 Å². The number of nitrogens with one attached hydrogen (secondary N) is 1. The highest BCUT2D eigenvalue weighted by Gasteiger charge is 2.34. The Kier molecular flexibility index (Phi) is 5.65. The van der Waals surface area contributed by atoms with Crippen LogP contribution in [0.25, 0.3) is 11.1 Å². The number of aromatic carboxylic acids is 1. The molecule has 1 aliphatic heterocycles. The van der Waals surface area contributed by atoms with Gasteiger partial charge in [-0.25, -0.2) is 4.79 Å². The zero-order valence-electron chi connectivity index (χ0n) is 16.7. The van der Waals surface area contributed by atoms with E-state index < -0.39 is 5.97 Å². The van der Waals surface area contributed by atoms with Crippen LogP contribution in [0.2, 0.25) is 0 Å². The van der Waals surface area contributed by atoms with Crippen molar-refractivity contribution in [3.8, 4) is 35.0 Å². The Morgan fingerprint density at radius 2 is 2.03 bits per heavy atom. The minimum absolute atomic E-state index is 0.110. The van der Waals surface area contributed by atoms with Crippen molar-refractivity contribution in [3.05, 3.63) is 63.8 Å². The summed E-state index contributed by atoms with van der Waals surface area (Å²) in [6.07, 6.45) is 5.47. The molecule has 0 spiro atoms. The average Bonchev–Trinajstić information content (AvgIpc) is 3.17. The van der Waals surface area contributed by atoms with E-state index in [1.165, 1.54) is 18.4 Å². The molecule has 1 aliphatic rings. The first-order valence-electron chi connectivity index (χ1n) is 9.53. The van der Waals surface area contributed by atoms with Crippen molar-refractivity contribution in [3.63, 3.8) is 0 Å². The molecule has 0 fully saturated rings. The second-order valence-corrected chi connectivity index (χ2v) is 7.98. The number of carbonyl (C=O) groups is 2. The Labute approximate surface area is 183 Å². The predicted octanol–water partition coefficient (Wildman–Crippen LogP) is 4.61. The Hall–Kier alpha value is -3.76. The van der Waals surface area contributed by atoms with Gasteiger partial charge in [-0.2, -0.15) is 0 Å². The molecular formula is C24H19NO5S. The van der Waals surface area contributed by atoms with Gasteiger partial charge in [0.25, 0.3) is 0 Å². The van der Waals surface area contributed by atoms with Gasteiger partial charge in [-0.3, -0.25) is 4.79 Å². The fourth-order valence-electron chi connectivity index (χ4n) is 3.73. The van der Waals surface area contributed by atoms with Crippen molar-refractivity contribution in [1.29, 1.82) is 0 Å². The number of anilines is 1. The molecule has 3 aromatic rings. The molecule has 4 rings (SSSR count). The molecule has 31 heavy (non-hydrogen) atoms. The molecular weight excluding hydrogens is 414 g/mol. The molecule has 0 radical (unpaired) electrons. The molecule has 1 aromatic heterocycles. The maximum Gasteiger partial charge on any atom is 0.346 e. The number of terminal acetylenes is 1. The lowest BCUT2D eigenvalue weighted by atomic mass is 9.88. The summed E-state index contributed by atoms with van der Waals surface area (Å²) in [5, 5.41) is 12.7. The van der Waals surface area contributed by atoms with Gasteiger partial charge < -0.3 is 19.9 Å². The highest BCUT2D eigenvalue weighted by atomic mass is 32.1. The van der Waals surface area contributed by atoms with Crippen LogP contribution < -0.4 is 14.8 Å². The van der Waals surface area contributed by atoms with Crippen molar-refractivity contribution < 1.29 is 24.2 Å². The van der Waals surface area contributed by atoms with Crippen LogP contribution in [0, 0.1) is 12.3 Å². The van der Waals surface area contributed by atoms with E-state index in [1.807, 2.05) is 36.4 Å². The first kappa shape index (κ1) is 20.5. The number of benzene rings is 2. The van der Waals surface area contributed by atoms with E-state index in [0.29, 0.717) is 22.7 Å². The van der Waals surface area contributed by atoms with E-state index in [2.05, 4.69) is 11.2 Å². The summed E-state index contributed by atoms with van der Waals surface area (Å²) in [6, 6.07) is 14.6. The van der Waals surface area contributed by atoms with Crippen LogP contribution in [-0.2, 0) is 4.79 Å². The smallest absolute Gasteiger partial charge is 0.346 e. The van der Waals surface area contributed by atoms with Gasteiger partial charge in [0.15, 0.2) is 11.5 Å². The van der Waals surface area contributed by atoms with Gasteiger partial charge in [0.1, 0.15) is 11.5 Å². The third-order valence-corrected chi connectivity index (χ3v) is 6.36. The Bertz CT molecular complexity index is 1190. The maximum absolute atomic E-state index is 12.6. The molecule has 156 valence electrons. The Balaban J connectivity index is 1.85. The maximum atomic E-state index is 12.6. The third-order valence-electron chi connectivity index (χ3n) is 5.06. The van der Waals surface area contributed by atoms with Crippen LogP contribution in [0.4, 0.5) is 5.69 Å². The second-order valence-electron chi connectivity index (χ2n) is 6.92. The van der Waals surface area contributed by atoms with Crippen LogP contribution in [0.15, 0.2) is 48.5 Å². The second kappa shape index (κ2) is 8.54. The molecule has 2 heterocycles. The average molecular weight is 433 g/mol. The summed E-state index contributed by atoms with van der Waals surface area (Å²) < 4.78 is 10.9. The number of fused-ring (bicyclic) bond motifs is 1. The molecule has 0 bridgehead atoms. The number of amides is 1.